The maximum atomic E-state index is 2.67. The Labute approximate surface area is 139 Å². The summed E-state index contributed by atoms with van der Waals surface area (Å²) in [5, 5.41) is 0. The third-order valence-electron chi connectivity index (χ3n) is 6.43. The monoisotopic (exact) mass is 314 g/mol. The zero-order valence-electron chi connectivity index (χ0n) is 16.3. The minimum absolute atomic E-state index is 1.21. The fourth-order valence-electron chi connectivity index (χ4n) is 3.08. The molecule has 0 atom stereocenters. The van der Waals surface area contributed by atoms with E-state index in [-0.39, 0.29) is 0 Å². The molecule has 0 unspecified atom stereocenters. The van der Waals surface area contributed by atoms with Crippen molar-refractivity contribution in [2.75, 3.05) is 92.6 Å². The molecule has 0 saturated carbocycles. The van der Waals surface area contributed by atoms with Gasteiger partial charge in [0, 0.05) is 39.3 Å². The van der Waals surface area contributed by atoms with E-state index < -0.39 is 0 Å². The number of likely N-dealkylation sites (N-methyl/N-ethyl adjacent to an activating group) is 2. The fourth-order valence-corrected chi connectivity index (χ4v) is 3.08. The second-order valence-corrected chi connectivity index (χ2v) is 7.63. The van der Waals surface area contributed by atoms with E-state index in [9.17, 15) is 0 Å². The average Bonchev–Trinajstić information content (AvgIpc) is 2.58. The summed E-state index contributed by atoms with van der Waals surface area (Å²) < 4.78 is 2.42. The zero-order valence-corrected chi connectivity index (χ0v) is 16.3. The van der Waals surface area contributed by atoms with Crippen LogP contribution in [0.4, 0.5) is 0 Å². The number of quaternary nitrogens is 2. The summed E-state index contributed by atoms with van der Waals surface area (Å²) in [6, 6.07) is 0. The molecule has 22 heavy (non-hydrogen) atoms. The van der Waals surface area contributed by atoms with Crippen molar-refractivity contribution in [1.82, 2.24) is 9.80 Å². The smallest absolute Gasteiger partial charge is 0.0913 e. The zero-order chi connectivity index (χ0) is 16.6. The lowest BCUT2D eigenvalue weighted by molar-refractivity contribution is -0.905. The van der Waals surface area contributed by atoms with Crippen LogP contribution in [0.15, 0.2) is 0 Å². The summed E-state index contributed by atoms with van der Waals surface area (Å²) >= 11 is 0. The highest BCUT2D eigenvalue weighted by Gasteiger charge is 2.23. The van der Waals surface area contributed by atoms with Crippen LogP contribution in [0.1, 0.15) is 27.7 Å². The molecule has 1 aliphatic rings. The Morgan fingerprint density at radius 1 is 0.591 bits per heavy atom. The topological polar surface area (TPSA) is 6.48 Å². The first kappa shape index (κ1) is 19.9. The minimum Gasteiger partial charge on any atom is -0.325 e. The number of hydrogen-bond donors (Lipinski definition) is 0. The van der Waals surface area contributed by atoms with E-state index in [4.69, 9.17) is 0 Å². The first-order valence-corrected chi connectivity index (χ1v) is 9.52. The molecule has 0 amide bonds. The van der Waals surface area contributed by atoms with E-state index in [1.807, 2.05) is 0 Å². The lowest BCUT2D eigenvalue weighted by atomic mass is 10.2. The van der Waals surface area contributed by atoms with Crippen LogP contribution in [0.3, 0.4) is 0 Å². The van der Waals surface area contributed by atoms with Crippen molar-refractivity contribution in [1.29, 1.82) is 0 Å². The van der Waals surface area contributed by atoms with Gasteiger partial charge < -0.3 is 8.97 Å². The SMILES string of the molecule is CC[N+](C)(CC)CCN1CCN(CC[N+](C)(CC)CC)CC1. The molecule has 0 aromatic heterocycles. The van der Waals surface area contributed by atoms with Gasteiger partial charge in [0.05, 0.1) is 53.4 Å². The van der Waals surface area contributed by atoms with Gasteiger partial charge in [-0.1, -0.05) is 0 Å². The molecule has 0 bridgehead atoms. The molecule has 1 fully saturated rings. The highest BCUT2D eigenvalue weighted by molar-refractivity contribution is 4.71. The van der Waals surface area contributed by atoms with Crippen molar-refractivity contribution < 1.29 is 8.97 Å². The molecule has 1 aliphatic heterocycles. The second kappa shape index (κ2) is 9.21. The van der Waals surface area contributed by atoms with Crippen LogP contribution in [0.5, 0.6) is 0 Å². The first-order valence-electron chi connectivity index (χ1n) is 9.52. The molecule has 0 aliphatic carbocycles. The van der Waals surface area contributed by atoms with E-state index in [0.29, 0.717) is 0 Å². The molecule has 0 aromatic rings. The second-order valence-electron chi connectivity index (χ2n) is 7.63. The molecule has 1 heterocycles. The van der Waals surface area contributed by atoms with Crippen LogP contribution in [0, 0.1) is 0 Å². The van der Waals surface area contributed by atoms with E-state index in [2.05, 4.69) is 51.6 Å². The third-order valence-corrected chi connectivity index (χ3v) is 6.43. The van der Waals surface area contributed by atoms with Gasteiger partial charge in [-0.15, -0.1) is 0 Å². The van der Waals surface area contributed by atoms with Crippen molar-refractivity contribution in [3.63, 3.8) is 0 Å². The summed E-state index contributed by atoms with van der Waals surface area (Å²) in [4.78, 5) is 5.35. The van der Waals surface area contributed by atoms with Crippen molar-refractivity contribution in [2.45, 2.75) is 27.7 Å². The van der Waals surface area contributed by atoms with Crippen molar-refractivity contribution >= 4 is 0 Å². The standard InChI is InChI=1S/C18H42N4/c1-7-21(5,8-2)17-15-19-11-13-20(14-12-19)16-18-22(6,9-3)10-4/h7-18H2,1-6H3/q+2. The number of hydrogen-bond acceptors (Lipinski definition) is 2. The Bertz CT molecular complexity index is 259. The van der Waals surface area contributed by atoms with Crippen molar-refractivity contribution in [3.8, 4) is 0 Å². The molecular weight excluding hydrogens is 272 g/mol. The van der Waals surface area contributed by atoms with Crippen molar-refractivity contribution in [2.24, 2.45) is 0 Å². The largest absolute Gasteiger partial charge is 0.325 e. The lowest BCUT2D eigenvalue weighted by Crippen LogP contribution is -2.54. The van der Waals surface area contributed by atoms with Gasteiger partial charge >= 0.3 is 0 Å². The lowest BCUT2D eigenvalue weighted by Gasteiger charge is -2.39. The molecular formula is C18H42N4+2. The molecule has 0 N–H and O–H groups in total. The van der Waals surface area contributed by atoms with Gasteiger partial charge in [-0.2, -0.15) is 0 Å². The Kier molecular flexibility index (Phi) is 8.33. The number of nitrogens with zero attached hydrogens (tertiary/aromatic N) is 4. The Morgan fingerprint density at radius 3 is 1.09 bits per heavy atom. The van der Waals surface area contributed by atoms with Gasteiger partial charge in [-0.25, -0.2) is 0 Å². The Hall–Kier alpha value is -0.160. The van der Waals surface area contributed by atoms with Crippen LogP contribution in [-0.4, -0.2) is 111 Å². The van der Waals surface area contributed by atoms with E-state index in [1.54, 1.807) is 0 Å². The average molecular weight is 315 g/mol. The van der Waals surface area contributed by atoms with Gasteiger partial charge in [0.2, 0.25) is 0 Å². The van der Waals surface area contributed by atoms with Gasteiger partial charge in [-0.3, -0.25) is 9.80 Å². The molecule has 1 saturated heterocycles. The fraction of sp³-hybridized carbons (Fsp3) is 1.00. The maximum Gasteiger partial charge on any atom is 0.0913 e. The van der Waals surface area contributed by atoms with Gasteiger partial charge in [0.1, 0.15) is 0 Å². The third kappa shape index (κ3) is 6.15. The summed E-state index contributed by atoms with van der Waals surface area (Å²) in [5.74, 6) is 0. The molecule has 0 radical (unpaired) electrons. The number of piperazine rings is 1. The predicted molar refractivity (Wildman–Crippen MR) is 97.1 cm³/mol. The quantitative estimate of drug-likeness (QED) is 0.565. The molecule has 4 nitrogen and oxygen atoms in total. The first-order chi connectivity index (χ1) is 10.4. The Morgan fingerprint density at radius 2 is 0.864 bits per heavy atom. The molecule has 132 valence electrons. The summed E-state index contributed by atoms with van der Waals surface area (Å²) in [6.07, 6.45) is 0. The molecule has 0 spiro atoms. The normalized spacial score (nSPS) is 18.8. The summed E-state index contributed by atoms with van der Waals surface area (Å²) in [7, 11) is 4.79. The van der Waals surface area contributed by atoms with Gasteiger partial charge in [0.25, 0.3) is 0 Å². The maximum absolute atomic E-state index is 2.67. The summed E-state index contributed by atoms with van der Waals surface area (Å²) in [5.41, 5.74) is 0. The highest BCUT2D eigenvalue weighted by Crippen LogP contribution is 2.07. The van der Waals surface area contributed by atoms with Gasteiger partial charge in [0.15, 0.2) is 0 Å². The molecule has 1 rings (SSSR count). The minimum atomic E-state index is 1.21. The highest BCUT2D eigenvalue weighted by atomic mass is 15.4. The summed E-state index contributed by atoms with van der Waals surface area (Å²) in [6.45, 7) is 24.4. The van der Waals surface area contributed by atoms with Crippen LogP contribution >= 0.6 is 0 Å². The molecule has 4 heteroatoms. The number of rotatable bonds is 10. The van der Waals surface area contributed by atoms with E-state index in [0.717, 1.165) is 0 Å². The van der Waals surface area contributed by atoms with Crippen LogP contribution < -0.4 is 0 Å². The van der Waals surface area contributed by atoms with Crippen LogP contribution in [0.2, 0.25) is 0 Å². The van der Waals surface area contributed by atoms with Gasteiger partial charge in [-0.05, 0) is 27.7 Å². The van der Waals surface area contributed by atoms with E-state index >= 15 is 0 Å². The van der Waals surface area contributed by atoms with Crippen LogP contribution in [-0.2, 0) is 0 Å². The van der Waals surface area contributed by atoms with Crippen molar-refractivity contribution in [3.05, 3.63) is 0 Å². The Balaban J connectivity index is 2.26. The predicted octanol–water partition coefficient (Wildman–Crippen LogP) is 1.58. The molecule has 0 aromatic carbocycles. The van der Waals surface area contributed by atoms with E-state index in [1.165, 1.54) is 87.5 Å². The van der Waals surface area contributed by atoms with Crippen LogP contribution in [0.25, 0.3) is 0 Å².